The summed E-state index contributed by atoms with van der Waals surface area (Å²) in [6.07, 6.45) is -0.750. The average Bonchev–Trinajstić information content (AvgIpc) is 2.49. The minimum absolute atomic E-state index is 0.0890. The Morgan fingerprint density at radius 3 is 2.46 bits per heavy atom. The first-order valence-corrected chi connectivity index (χ1v) is 7.95. The van der Waals surface area contributed by atoms with E-state index in [1.165, 1.54) is 4.90 Å². The van der Waals surface area contributed by atoms with E-state index in [1.54, 1.807) is 19.2 Å². The van der Waals surface area contributed by atoms with Crippen molar-refractivity contribution in [3.8, 4) is 0 Å². The van der Waals surface area contributed by atoms with Crippen LogP contribution in [0, 0.1) is 11.8 Å². The molecule has 1 aliphatic rings. The van der Waals surface area contributed by atoms with Gasteiger partial charge < -0.3 is 9.69 Å². The lowest BCUT2D eigenvalue weighted by Crippen LogP contribution is -2.49. The van der Waals surface area contributed by atoms with Crippen molar-refractivity contribution < 1.29 is 22.8 Å². The normalized spacial score (nSPS) is 22.7. The zero-order chi connectivity index (χ0) is 18.7. The summed E-state index contributed by atoms with van der Waals surface area (Å²) in [7, 11) is 2.62. The Hall–Kier alpha value is -1.05. The van der Waals surface area contributed by atoms with Crippen LogP contribution in [0.5, 0.6) is 0 Å². The maximum atomic E-state index is 12.5. The fraction of sp³-hybridized carbons (Fsp3) is 0.600. The van der Waals surface area contributed by atoms with Crippen molar-refractivity contribution in [2.24, 2.45) is 11.8 Å². The van der Waals surface area contributed by atoms with Crippen LogP contribution in [0.1, 0.15) is 13.3 Å². The van der Waals surface area contributed by atoms with Gasteiger partial charge in [0.15, 0.2) is 0 Å². The van der Waals surface area contributed by atoms with Gasteiger partial charge in [0.1, 0.15) is 6.29 Å². The Morgan fingerprint density at radius 2 is 1.96 bits per heavy atom. The molecule has 0 bridgehead atoms. The topological polar surface area (TPSA) is 40.6 Å². The van der Waals surface area contributed by atoms with Crippen molar-refractivity contribution in [3.05, 3.63) is 22.2 Å². The molecule has 1 amide bonds. The lowest BCUT2D eigenvalue weighted by atomic mass is 9.82. The van der Waals surface area contributed by atoms with Gasteiger partial charge in [-0.15, -0.1) is 0 Å². The number of nitrogens with zero attached hydrogens (tertiary/aromatic N) is 2. The van der Waals surface area contributed by atoms with Gasteiger partial charge in [-0.3, -0.25) is 9.69 Å². The summed E-state index contributed by atoms with van der Waals surface area (Å²) in [6.45, 7) is 1.55. The van der Waals surface area contributed by atoms with Gasteiger partial charge >= 0.3 is 12.1 Å². The molecule has 0 aromatic carbocycles. The molecule has 0 spiro atoms. The van der Waals surface area contributed by atoms with Crippen molar-refractivity contribution in [2.45, 2.75) is 25.6 Å². The van der Waals surface area contributed by atoms with Crippen molar-refractivity contribution in [2.75, 3.05) is 20.8 Å². The van der Waals surface area contributed by atoms with E-state index in [1.807, 2.05) is 6.92 Å². The maximum absolute atomic E-state index is 12.5. The number of alkyl halides is 3. The highest BCUT2D eigenvalue weighted by Gasteiger charge is 2.42. The van der Waals surface area contributed by atoms with Gasteiger partial charge in [0.05, 0.1) is 11.7 Å². The van der Waals surface area contributed by atoms with Gasteiger partial charge in [-0.2, -0.15) is 13.2 Å². The molecule has 0 aromatic rings. The summed E-state index contributed by atoms with van der Waals surface area (Å²) in [5, 5.41) is 0.838. The van der Waals surface area contributed by atoms with Gasteiger partial charge in [0.25, 0.3) is 0 Å². The van der Waals surface area contributed by atoms with Crippen LogP contribution in [0.2, 0.25) is 0 Å². The first-order chi connectivity index (χ1) is 11.0. The molecule has 2 unspecified atom stereocenters. The monoisotopic (exact) mass is 386 g/mol. The Balaban J connectivity index is 2.91. The summed E-state index contributed by atoms with van der Waals surface area (Å²) < 4.78 is 37.5. The van der Waals surface area contributed by atoms with E-state index in [0.29, 0.717) is 21.3 Å². The van der Waals surface area contributed by atoms with Crippen molar-refractivity contribution in [1.29, 1.82) is 0 Å². The third-order valence-electron chi connectivity index (χ3n) is 4.04. The highest BCUT2D eigenvalue weighted by atomic mass is 35.5. The van der Waals surface area contributed by atoms with E-state index in [2.05, 4.69) is 0 Å². The summed E-state index contributed by atoms with van der Waals surface area (Å²) in [5.41, 5.74) is 0. The predicted molar refractivity (Wildman–Crippen MR) is 86.5 cm³/mol. The summed E-state index contributed by atoms with van der Waals surface area (Å²) in [6, 6.07) is -0.421. The Bertz CT molecular complexity index is 549. The molecule has 24 heavy (non-hydrogen) atoms. The lowest BCUT2D eigenvalue weighted by molar-refractivity contribution is -0.186. The van der Waals surface area contributed by atoms with E-state index in [-0.39, 0.29) is 24.9 Å². The van der Waals surface area contributed by atoms with Gasteiger partial charge in [-0.25, -0.2) is 0 Å². The van der Waals surface area contributed by atoms with E-state index in [4.69, 9.17) is 23.2 Å². The maximum Gasteiger partial charge on any atom is 0.471 e. The van der Waals surface area contributed by atoms with Crippen molar-refractivity contribution >= 4 is 35.4 Å². The van der Waals surface area contributed by atoms with Crippen molar-refractivity contribution in [3.63, 3.8) is 0 Å². The molecule has 4 nitrogen and oxygen atoms in total. The fourth-order valence-electron chi connectivity index (χ4n) is 2.74. The number of aldehydes is 1. The van der Waals surface area contributed by atoms with Crippen LogP contribution < -0.4 is 0 Å². The lowest BCUT2D eigenvalue weighted by Gasteiger charge is -2.38. The highest BCUT2D eigenvalue weighted by molar-refractivity contribution is 6.40. The van der Waals surface area contributed by atoms with Crippen LogP contribution in [0.4, 0.5) is 13.2 Å². The van der Waals surface area contributed by atoms with Crippen molar-refractivity contribution in [1.82, 2.24) is 9.80 Å². The zero-order valence-corrected chi connectivity index (χ0v) is 15.0. The fourth-order valence-corrected chi connectivity index (χ4v) is 3.19. The molecule has 3 atom stereocenters. The molecule has 0 saturated heterocycles. The minimum Gasteiger partial charge on any atom is -0.325 e. The number of carbonyl (C=O) groups excluding carboxylic acids is 2. The second-order valence-electron chi connectivity index (χ2n) is 5.79. The SMILES string of the molecule is CC1C(Cl)=C(Cl)C=CC1[C@H](CC=O)N(C)CN(C)C(=O)C(F)(F)F. The van der Waals surface area contributed by atoms with E-state index in [9.17, 15) is 22.8 Å². The molecule has 0 radical (unpaired) electrons. The molecule has 0 fully saturated rings. The van der Waals surface area contributed by atoms with Crippen LogP contribution in [0.25, 0.3) is 0 Å². The molecule has 1 aliphatic carbocycles. The van der Waals surface area contributed by atoms with Crippen LogP contribution >= 0.6 is 23.2 Å². The quantitative estimate of drug-likeness (QED) is 0.519. The molecule has 9 heteroatoms. The Kier molecular flexibility index (Phi) is 7.31. The number of rotatable bonds is 6. The number of carbonyl (C=O) groups is 2. The number of hydrogen-bond acceptors (Lipinski definition) is 3. The zero-order valence-electron chi connectivity index (χ0n) is 13.5. The predicted octanol–water partition coefficient (Wildman–Crippen LogP) is 3.37. The number of allylic oxidation sites excluding steroid dienone is 3. The van der Waals surface area contributed by atoms with Crippen LogP contribution in [-0.4, -0.2) is 55.0 Å². The molecule has 0 heterocycles. The third kappa shape index (κ3) is 4.97. The van der Waals surface area contributed by atoms with E-state index in [0.717, 1.165) is 7.05 Å². The highest BCUT2D eigenvalue weighted by Crippen LogP contribution is 2.37. The largest absolute Gasteiger partial charge is 0.471 e. The van der Waals surface area contributed by atoms with Gasteiger partial charge in [-0.05, 0) is 13.1 Å². The van der Waals surface area contributed by atoms with Gasteiger partial charge in [-0.1, -0.05) is 36.2 Å². The van der Waals surface area contributed by atoms with Crippen LogP contribution in [0.15, 0.2) is 22.2 Å². The molecule has 0 aromatic heterocycles. The van der Waals surface area contributed by atoms with Crippen LogP contribution in [-0.2, 0) is 9.59 Å². The molecule has 0 aliphatic heterocycles. The molecular formula is C15H19Cl2F3N2O2. The second kappa shape index (κ2) is 8.36. The molecule has 0 saturated carbocycles. The summed E-state index contributed by atoms with van der Waals surface area (Å²) in [5.74, 6) is -2.35. The van der Waals surface area contributed by atoms with Crippen LogP contribution in [0.3, 0.4) is 0 Å². The first-order valence-electron chi connectivity index (χ1n) is 7.20. The van der Waals surface area contributed by atoms with E-state index < -0.39 is 18.1 Å². The standard InChI is InChI=1S/C15H19Cl2F3N2O2/c1-9-10(4-5-11(16)13(9)17)12(6-7-23)21(2)8-22(3)14(24)15(18,19)20/h4-5,7,9-10,12H,6,8H2,1-3H3/t9?,10?,12-/m0/s1. The summed E-state index contributed by atoms with van der Waals surface area (Å²) in [4.78, 5) is 24.4. The Morgan fingerprint density at radius 1 is 1.38 bits per heavy atom. The second-order valence-corrected chi connectivity index (χ2v) is 6.60. The molecule has 1 rings (SSSR count). The molecular weight excluding hydrogens is 368 g/mol. The van der Waals surface area contributed by atoms with Gasteiger partial charge in [0.2, 0.25) is 0 Å². The van der Waals surface area contributed by atoms with E-state index >= 15 is 0 Å². The number of halogens is 5. The molecule has 136 valence electrons. The number of hydrogen-bond donors (Lipinski definition) is 0. The third-order valence-corrected chi connectivity index (χ3v) is 5.02. The molecule has 0 N–H and O–H groups in total. The van der Waals surface area contributed by atoms with Gasteiger partial charge in [0, 0.05) is 36.4 Å². The Labute approximate surface area is 148 Å². The smallest absolute Gasteiger partial charge is 0.325 e. The number of amides is 1. The average molecular weight is 387 g/mol. The minimum atomic E-state index is -4.94. The summed E-state index contributed by atoms with van der Waals surface area (Å²) >= 11 is 12.1. The first kappa shape index (κ1) is 21.0.